The van der Waals surface area contributed by atoms with Crippen LogP contribution in [0.5, 0.6) is 11.5 Å². The molecule has 3 aromatic carbocycles. The number of hydrazone groups is 1. The average molecular weight is 356 g/mol. The second-order valence-electron chi connectivity index (χ2n) is 5.29. The maximum atomic E-state index is 12.7. The van der Waals surface area contributed by atoms with Gasteiger partial charge in [0.25, 0.3) is 5.91 Å². The van der Waals surface area contributed by atoms with Crippen molar-refractivity contribution in [2.24, 2.45) is 5.10 Å². The monoisotopic (exact) mass is 356 g/mol. The van der Waals surface area contributed by atoms with Crippen LogP contribution in [0.2, 0.25) is 0 Å². The molecule has 0 spiro atoms. The Balaban J connectivity index is 1.90. The van der Waals surface area contributed by atoms with E-state index in [9.17, 15) is 18.7 Å². The van der Waals surface area contributed by atoms with Crippen LogP contribution in [0.3, 0.4) is 0 Å². The van der Waals surface area contributed by atoms with Gasteiger partial charge >= 0.3 is 6.61 Å². The number of hydrogen-bond donors (Lipinski definition) is 2. The van der Waals surface area contributed by atoms with Gasteiger partial charge in [-0.1, -0.05) is 42.5 Å². The summed E-state index contributed by atoms with van der Waals surface area (Å²) >= 11 is 0. The van der Waals surface area contributed by atoms with Gasteiger partial charge in [-0.15, -0.1) is 0 Å². The van der Waals surface area contributed by atoms with Gasteiger partial charge in [0.1, 0.15) is 11.5 Å². The molecule has 7 heteroatoms. The topological polar surface area (TPSA) is 70.9 Å². The molecule has 0 fully saturated rings. The van der Waals surface area contributed by atoms with Crippen LogP contribution >= 0.6 is 0 Å². The van der Waals surface area contributed by atoms with Crippen LogP contribution in [0.1, 0.15) is 15.9 Å². The van der Waals surface area contributed by atoms with Crippen molar-refractivity contribution in [2.75, 3.05) is 0 Å². The van der Waals surface area contributed by atoms with Gasteiger partial charge in [0.15, 0.2) is 0 Å². The van der Waals surface area contributed by atoms with Crippen molar-refractivity contribution in [3.05, 3.63) is 71.8 Å². The van der Waals surface area contributed by atoms with E-state index in [-0.39, 0.29) is 17.1 Å². The molecule has 0 aromatic heterocycles. The summed E-state index contributed by atoms with van der Waals surface area (Å²) in [5.74, 6) is -0.873. The second-order valence-corrected chi connectivity index (χ2v) is 5.29. The predicted octanol–water partition coefficient (Wildman–Crippen LogP) is 3.91. The number of carbonyl (C=O) groups is 1. The highest BCUT2D eigenvalue weighted by Crippen LogP contribution is 2.27. The fourth-order valence-electron chi connectivity index (χ4n) is 2.49. The quantitative estimate of drug-likeness (QED) is 0.538. The highest BCUT2D eigenvalue weighted by molar-refractivity contribution is 6.03. The number of carbonyl (C=O) groups excluding carboxylic acids is 1. The van der Waals surface area contributed by atoms with Crippen LogP contribution in [0, 0.1) is 0 Å². The first kappa shape index (κ1) is 17.3. The molecule has 0 saturated carbocycles. The molecule has 3 rings (SSSR count). The molecule has 1 amide bonds. The fraction of sp³-hybridized carbons (Fsp3) is 0.0526. The summed E-state index contributed by atoms with van der Waals surface area (Å²) in [5.41, 5.74) is 2.62. The molecule has 0 atom stereocenters. The minimum atomic E-state index is -2.99. The van der Waals surface area contributed by atoms with E-state index in [1.54, 1.807) is 30.3 Å². The molecule has 5 nitrogen and oxygen atoms in total. The van der Waals surface area contributed by atoms with E-state index in [0.717, 1.165) is 5.39 Å². The first-order valence-corrected chi connectivity index (χ1v) is 7.64. The van der Waals surface area contributed by atoms with Gasteiger partial charge in [-0.05, 0) is 29.0 Å². The maximum absolute atomic E-state index is 12.7. The number of benzene rings is 3. The van der Waals surface area contributed by atoms with Gasteiger partial charge < -0.3 is 9.84 Å². The molecule has 2 N–H and O–H groups in total. The fourth-order valence-corrected chi connectivity index (χ4v) is 2.49. The van der Waals surface area contributed by atoms with Gasteiger partial charge in [-0.2, -0.15) is 13.9 Å². The van der Waals surface area contributed by atoms with Crippen LogP contribution in [0.15, 0.2) is 65.8 Å². The van der Waals surface area contributed by atoms with Crippen LogP contribution in [-0.2, 0) is 0 Å². The SMILES string of the molecule is O=C(N/N=C\c1c(OC(F)F)ccc2ccccc12)c1ccccc1O. The standard InChI is InChI=1S/C19H14F2N2O3/c20-19(21)26-17-10-9-12-5-1-2-6-13(12)15(17)11-22-23-18(25)14-7-3-4-8-16(14)24/h1-11,19,24H,(H,23,25)/b22-11-. The lowest BCUT2D eigenvalue weighted by molar-refractivity contribution is -0.0498. The molecule has 132 valence electrons. The molecule has 0 aliphatic rings. The average Bonchev–Trinajstić information content (AvgIpc) is 2.63. The number of phenols is 1. The van der Waals surface area contributed by atoms with Crippen molar-refractivity contribution in [3.63, 3.8) is 0 Å². The summed E-state index contributed by atoms with van der Waals surface area (Å²) in [4.78, 5) is 12.0. The number of amides is 1. The Morgan fingerprint density at radius 3 is 2.58 bits per heavy atom. The molecule has 0 bridgehead atoms. The third-order valence-electron chi connectivity index (χ3n) is 3.66. The maximum Gasteiger partial charge on any atom is 0.387 e. The van der Waals surface area contributed by atoms with Gasteiger partial charge in [0, 0.05) is 5.56 Å². The summed E-state index contributed by atoms with van der Waals surface area (Å²) in [5, 5.41) is 14.9. The first-order chi connectivity index (χ1) is 12.6. The van der Waals surface area contributed by atoms with E-state index in [1.165, 1.54) is 24.4 Å². The van der Waals surface area contributed by atoms with E-state index in [0.29, 0.717) is 10.9 Å². The molecule has 0 radical (unpaired) electrons. The van der Waals surface area contributed by atoms with Gasteiger partial charge in [0.05, 0.1) is 11.8 Å². The number of phenolic OH excluding ortho intramolecular Hbond substituents is 1. The number of ether oxygens (including phenoxy) is 1. The third kappa shape index (κ3) is 3.77. The van der Waals surface area contributed by atoms with Crippen LogP contribution in [0.25, 0.3) is 10.8 Å². The van der Waals surface area contributed by atoms with Gasteiger partial charge in [0.2, 0.25) is 0 Å². The van der Waals surface area contributed by atoms with E-state index in [2.05, 4.69) is 15.3 Å². The summed E-state index contributed by atoms with van der Waals surface area (Å²) in [6.07, 6.45) is 1.23. The smallest absolute Gasteiger partial charge is 0.387 e. The lowest BCUT2D eigenvalue weighted by Gasteiger charge is -2.10. The Morgan fingerprint density at radius 2 is 1.81 bits per heavy atom. The van der Waals surface area contributed by atoms with Gasteiger partial charge in [-0.25, -0.2) is 5.43 Å². The highest BCUT2D eigenvalue weighted by Gasteiger charge is 2.12. The minimum Gasteiger partial charge on any atom is -0.507 e. The largest absolute Gasteiger partial charge is 0.507 e. The summed E-state index contributed by atoms with van der Waals surface area (Å²) in [6, 6.07) is 16.2. The minimum absolute atomic E-state index is 0.0478. The van der Waals surface area contributed by atoms with Crippen molar-refractivity contribution in [1.82, 2.24) is 5.43 Å². The number of hydrogen-bond acceptors (Lipinski definition) is 4. The van der Waals surface area contributed by atoms with Crippen LogP contribution in [-0.4, -0.2) is 23.8 Å². The number of halogens is 2. The predicted molar refractivity (Wildman–Crippen MR) is 93.7 cm³/mol. The van der Waals surface area contributed by atoms with Crippen molar-refractivity contribution in [2.45, 2.75) is 6.61 Å². The molecule has 0 aliphatic carbocycles. The number of fused-ring (bicyclic) bond motifs is 1. The zero-order valence-electron chi connectivity index (χ0n) is 13.4. The van der Waals surface area contributed by atoms with Crippen molar-refractivity contribution < 1.29 is 23.4 Å². The number of nitrogens with zero attached hydrogens (tertiary/aromatic N) is 1. The number of aromatic hydroxyl groups is 1. The lowest BCUT2D eigenvalue weighted by atomic mass is 10.0. The summed E-state index contributed by atoms with van der Waals surface area (Å²) in [7, 11) is 0. The van der Waals surface area contributed by atoms with E-state index < -0.39 is 12.5 Å². The lowest BCUT2D eigenvalue weighted by Crippen LogP contribution is -2.17. The van der Waals surface area contributed by atoms with Crippen molar-refractivity contribution in [3.8, 4) is 11.5 Å². The molecule has 0 unspecified atom stereocenters. The van der Waals surface area contributed by atoms with Crippen LogP contribution in [0.4, 0.5) is 8.78 Å². The third-order valence-corrected chi connectivity index (χ3v) is 3.66. The summed E-state index contributed by atoms with van der Waals surface area (Å²) < 4.78 is 29.8. The Kier molecular flexibility index (Phi) is 5.07. The Morgan fingerprint density at radius 1 is 1.08 bits per heavy atom. The normalized spacial score (nSPS) is 11.2. The molecule has 3 aromatic rings. The van der Waals surface area contributed by atoms with Crippen molar-refractivity contribution in [1.29, 1.82) is 0 Å². The van der Waals surface area contributed by atoms with Gasteiger partial charge in [-0.3, -0.25) is 4.79 Å². The van der Waals surface area contributed by atoms with E-state index in [1.807, 2.05) is 12.1 Å². The first-order valence-electron chi connectivity index (χ1n) is 7.64. The zero-order valence-corrected chi connectivity index (χ0v) is 13.4. The zero-order chi connectivity index (χ0) is 18.5. The Bertz CT molecular complexity index is 974. The molecular weight excluding hydrogens is 342 g/mol. The Labute approximate surface area is 147 Å². The molecule has 0 heterocycles. The Hall–Kier alpha value is -3.48. The van der Waals surface area contributed by atoms with Crippen molar-refractivity contribution >= 4 is 22.9 Å². The van der Waals surface area contributed by atoms with E-state index in [4.69, 9.17) is 0 Å². The molecule has 26 heavy (non-hydrogen) atoms. The number of rotatable bonds is 5. The second kappa shape index (κ2) is 7.60. The number of para-hydroxylation sites is 1. The molecular formula is C19H14F2N2O3. The highest BCUT2D eigenvalue weighted by atomic mass is 19.3. The number of alkyl halides is 2. The van der Waals surface area contributed by atoms with Crippen LogP contribution < -0.4 is 10.2 Å². The molecule has 0 saturated heterocycles. The van der Waals surface area contributed by atoms with E-state index >= 15 is 0 Å². The summed E-state index contributed by atoms with van der Waals surface area (Å²) in [6.45, 7) is -2.99. The molecule has 0 aliphatic heterocycles. The number of nitrogens with one attached hydrogen (secondary N) is 1.